The molecular formula is C17H19BrClNO. The molecule has 4 rings (SSSR count). The third-order valence-corrected chi connectivity index (χ3v) is 7.14. The predicted molar refractivity (Wildman–Crippen MR) is 87.5 cm³/mol. The highest BCUT2D eigenvalue weighted by Gasteiger charge is 2.54. The van der Waals surface area contributed by atoms with Gasteiger partial charge in [0.25, 0.3) is 5.91 Å². The number of amides is 1. The summed E-state index contributed by atoms with van der Waals surface area (Å²) in [7, 11) is 0. The molecule has 3 aliphatic rings. The molecule has 1 amide bonds. The van der Waals surface area contributed by atoms with Crippen LogP contribution in [0.15, 0.2) is 22.7 Å². The Kier molecular flexibility index (Phi) is 3.54. The third-order valence-electron chi connectivity index (χ3n) is 5.93. The van der Waals surface area contributed by atoms with Gasteiger partial charge in [-0.25, -0.2) is 0 Å². The van der Waals surface area contributed by atoms with Crippen molar-refractivity contribution in [1.29, 1.82) is 0 Å². The molecule has 3 aliphatic carbocycles. The van der Waals surface area contributed by atoms with Crippen molar-refractivity contribution in [1.82, 2.24) is 5.32 Å². The largest absolute Gasteiger partial charge is 0.349 e. The first-order valence-electron chi connectivity index (χ1n) is 7.89. The number of carbonyl (C=O) groups is 1. The van der Waals surface area contributed by atoms with Crippen LogP contribution in [0, 0.1) is 23.7 Å². The van der Waals surface area contributed by atoms with Gasteiger partial charge < -0.3 is 5.32 Å². The van der Waals surface area contributed by atoms with Crippen molar-refractivity contribution in [2.75, 3.05) is 0 Å². The standard InChI is InChI=1S/C17H19BrClNO/c18-14-7-9(4-5-15(14)19)17(21)20-16-8-10-6-13(16)12-3-1-2-11(10)12/h4-5,7,10-13,16H,1-3,6,8H2,(H,20,21). The van der Waals surface area contributed by atoms with Crippen LogP contribution in [0.3, 0.4) is 0 Å². The Morgan fingerprint density at radius 3 is 2.81 bits per heavy atom. The van der Waals surface area contributed by atoms with Gasteiger partial charge in [0.15, 0.2) is 0 Å². The Hall–Kier alpha value is -0.540. The average molecular weight is 369 g/mol. The van der Waals surface area contributed by atoms with Crippen LogP contribution in [0.4, 0.5) is 0 Å². The molecule has 0 aromatic heterocycles. The average Bonchev–Trinajstić information content (AvgIpc) is 3.13. The van der Waals surface area contributed by atoms with Crippen molar-refractivity contribution >= 4 is 33.4 Å². The molecule has 0 saturated heterocycles. The van der Waals surface area contributed by atoms with Crippen LogP contribution in [-0.2, 0) is 0 Å². The van der Waals surface area contributed by atoms with Crippen LogP contribution in [-0.4, -0.2) is 11.9 Å². The number of carbonyl (C=O) groups excluding carboxylic acids is 1. The molecule has 4 heteroatoms. The van der Waals surface area contributed by atoms with Crippen molar-refractivity contribution in [3.8, 4) is 0 Å². The maximum Gasteiger partial charge on any atom is 0.251 e. The molecule has 1 aromatic carbocycles. The molecule has 3 saturated carbocycles. The van der Waals surface area contributed by atoms with E-state index in [-0.39, 0.29) is 5.91 Å². The van der Waals surface area contributed by atoms with Gasteiger partial charge in [-0.2, -0.15) is 0 Å². The third kappa shape index (κ3) is 2.33. The van der Waals surface area contributed by atoms with Gasteiger partial charge in [0.05, 0.1) is 5.02 Å². The summed E-state index contributed by atoms with van der Waals surface area (Å²) < 4.78 is 0.778. The van der Waals surface area contributed by atoms with Gasteiger partial charge in [0.2, 0.25) is 0 Å². The lowest BCUT2D eigenvalue weighted by molar-refractivity contribution is 0.0901. The summed E-state index contributed by atoms with van der Waals surface area (Å²) in [6.07, 6.45) is 6.73. The van der Waals surface area contributed by atoms with E-state index in [1.54, 1.807) is 12.1 Å². The highest BCUT2D eigenvalue weighted by Crippen LogP contribution is 2.58. The van der Waals surface area contributed by atoms with E-state index in [4.69, 9.17) is 11.6 Å². The molecule has 0 radical (unpaired) electrons. The zero-order valence-corrected chi connectivity index (χ0v) is 14.2. The molecule has 1 aromatic rings. The number of halogens is 2. The van der Waals surface area contributed by atoms with Crippen molar-refractivity contribution in [3.05, 3.63) is 33.3 Å². The monoisotopic (exact) mass is 367 g/mol. The number of hydrogen-bond donors (Lipinski definition) is 1. The Labute approximate surface area is 138 Å². The fourth-order valence-corrected chi connectivity index (χ4v) is 5.62. The van der Waals surface area contributed by atoms with Crippen molar-refractivity contribution in [2.24, 2.45) is 23.7 Å². The van der Waals surface area contributed by atoms with Crippen molar-refractivity contribution in [3.63, 3.8) is 0 Å². The number of fused-ring (bicyclic) bond motifs is 5. The molecule has 1 N–H and O–H groups in total. The second-order valence-electron chi connectivity index (χ2n) is 6.86. The number of nitrogens with one attached hydrogen (secondary N) is 1. The minimum atomic E-state index is 0.0412. The second-order valence-corrected chi connectivity index (χ2v) is 8.12. The summed E-state index contributed by atoms with van der Waals surface area (Å²) >= 11 is 9.37. The summed E-state index contributed by atoms with van der Waals surface area (Å²) in [5, 5.41) is 3.92. The van der Waals surface area contributed by atoms with Gasteiger partial charge >= 0.3 is 0 Å². The van der Waals surface area contributed by atoms with Crippen LogP contribution >= 0.6 is 27.5 Å². The lowest BCUT2D eigenvalue weighted by Crippen LogP contribution is -2.42. The molecule has 0 heterocycles. The maximum atomic E-state index is 12.5. The fourth-order valence-electron chi connectivity index (χ4n) is 5.12. The smallest absolute Gasteiger partial charge is 0.251 e. The minimum Gasteiger partial charge on any atom is -0.349 e. The lowest BCUT2D eigenvalue weighted by Gasteiger charge is -2.32. The van der Waals surface area contributed by atoms with Gasteiger partial charge in [0, 0.05) is 16.1 Å². The van der Waals surface area contributed by atoms with Crippen LogP contribution in [0.2, 0.25) is 5.02 Å². The van der Waals surface area contributed by atoms with Crippen LogP contribution < -0.4 is 5.32 Å². The van der Waals surface area contributed by atoms with E-state index in [0.29, 0.717) is 16.6 Å². The maximum absolute atomic E-state index is 12.5. The fraction of sp³-hybridized carbons (Fsp3) is 0.588. The van der Waals surface area contributed by atoms with Gasteiger partial charge in [0.1, 0.15) is 0 Å². The zero-order chi connectivity index (χ0) is 14.6. The highest BCUT2D eigenvalue weighted by molar-refractivity contribution is 9.10. The SMILES string of the molecule is O=C(NC1CC2CC1C1CCCC21)c1ccc(Cl)c(Br)c1. The highest BCUT2D eigenvalue weighted by atomic mass is 79.9. The van der Waals surface area contributed by atoms with Gasteiger partial charge in [-0.3, -0.25) is 4.79 Å². The molecule has 5 atom stereocenters. The molecule has 5 unspecified atom stereocenters. The summed E-state index contributed by atoms with van der Waals surface area (Å²) in [6.45, 7) is 0. The predicted octanol–water partition coefficient (Wildman–Crippen LogP) is 4.66. The number of hydrogen-bond acceptors (Lipinski definition) is 1. The molecule has 2 bridgehead atoms. The summed E-state index contributed by atoms with van der Waals surface area (Å²) in [4.78, 5) is 12.5. The quantitative estimate of drug-likeness (QED) is 0.808. The lowest BCUT2D eigenvalue weighted by atomic mass is 9.79. The van der Waals surface area contributed by atoms with Crippen LogP contribution in [0.5, 0.6) is 0 Å². The van der Waals surface area contributed by atoms with E-state index in [0.717, 1.165) is 28.1 Å². The first-order chi connectivity index (χ1) is 10.1. The van der Waals surface area contributed by atoms with E-state index in [1.165, 1.54) is 32.1 Å². The molecule has 21 heavy (non-hydrogen) atoms. The molecule has 112 valence electrons. The Morgan fingerprint density at radius 1 is 1.19 bits per heavy atom. The molecule has 0 spiro atoms. The summed E-state index contributed by atoms with van der Waals surface area (Å²) in [5.41, 5.74) is 0.692. The molecule has 2 nitrogen and oxygen atoms in total. The van der Waals surface area contributed by atoms with Crippen molar-refractivity contribution < 1.29 is 4.79 Å². The van der Waals surface area contributed by atoms with E-state index >= 15 is 0 Å². The molecule has 3 fully saturated rings. The summed E-state index contributed by atoms with van der Waals surface area (Å²) in [6, 6.07) is 5.77. The summed E-state index contributed by atoms with van der Waals surface area (Å²) in [5.74, 6) is 3.48. The second kappa shape index (κ2) is 5.27. The first kappa shape index (κ1) is 14.1. The van der Waals surface area contributed by atoms with Crippen molar-refractivity contribution in [2.45, 2.75) is 38.1 Å². The van der Waals surface area contributed by atoms with Gasteiger partial charge in [-0.05, 0) is 83.5 Å². The van der Waals surface area contributed by atoms with Crippen LogP contribution in [0.25, 0.3) is 0 Å². The Balaban J connectivity index is 1.47. The van der Waals surface area contributed by atoms with Gasteiger partial charge in [-0.15, -0.1) is 0 Å². The number of benzene rings is 1. The van der Waals surface area contributed by atoms with Crippen LogP contribution in [0.1, 0.15) is 42.5 Å². The van der Waals surface area contributed by atoms with E-state index in [9.17, 15) is 4.79 Å². The van der Waals surface area contributed by atoms with E-state index in [2.05, 4.69) is 21.2 Å². The Morgan fingerprint density at radius 2 is 2.00 bits per heavy atom. The number of rotatable bonds is 2. The zero-order valence-electron chi connectivity index (χ0n) is 11.8. The molecule has 0 aliphatic heterocycles. The van der Waals surface area contributed by atoms with E-state index in [1.807, 2.05) is 6.07 Å². The first-order valence-corrected chi connectivity index (χ1v) is 9.06. The van der Waals surface area contributed by atoms with E-state index < -0.39 is 0 Å². The Bertz CT molecular complexity index is 590. The minimum absolute atomic E-state index is 0.0412. The normalized spacial score (nSPS) is 36.8. The van der Waals surface area contributed by atoms with Gasteiger partial charge in [-0.1, -0.05) is 18.0 Å². The topological polar surface area (TPSA) is 29.1 Å². The molecular weight excluding hydrogens is 350 g/mol.